The molecule has 0 spiro atoms. The first kappa shape index (κ1) is 10.3. The van der Waals surface area contributed by atoms with Crippen LogP contribution in [0, 0.1) is 0 Å². The zero-order chi connectivity index (χ0) is 9.90. The molecule has 0 saturated carbocycles. The SMILES string of the molecule is [B]c1ccc(C(N)(CC)CC)cc1. The van der Waals surface area contributed by atoms with Crippen LogP contribution in [0.25, 0.3) is 0 Å². The van der Waals surface area contributed by atoms with Crippen molar-refractivity contribution in [2.24, 2.45) is 5.73 Å². The second kappa shape index (κ2) is 3.97. The summed E-state index contributed by atoms with van der Waals surface area (Å²) in [6.07, 6.45) is 1.90. The van der Waals surface area contributed by atoms with Gasteiger partial charge in [-0.2, -0.15) is 0 Å². The number of hydrogen-bond donors (Lipinski definition) is 1. The minimum absolute atomic E-state index is 0.187. The Hall–Kier alpha value is -0.755. The van der Waals surface area contributed by atoms with Gasteiger partial charge < -0.3 is 5.73 Å². The average Bonchev–Trinajstić information content (AvgIpc) is 2.18. The lowest BCUT2D eigenvalue weighted by Gasteiger charge is -2.27. The van der Waals surface area contributed by atoms with Crippen molar-refractivity contribution in [1.29, 1.82) is 0 Å². The van der Waals surface area contributed by atoms with Gasteiger partial charge in [-0.3, -0.25) is 0 Å². The third kappa shape index (κ3) is 2.13. The molecule has 1 aromatic carbocycles. The summed E-state index contributed by atoms with van der Waals surface area (Å²) in [5.41, 5.74) is 8.00. The molecule has 2 radical (unpaired) electrons. The van der Waals surface area contributed by atoms with Crippen LogP contribution in [0.15, 0.2) is 24.3 Å². The molecule has 0 aliphatic rings. The summed E-state index contributed by atoms with van der Waals surface area (Å²) in [6, 6.07) is 7.84. The van der Waals surface area contributed by atoms with Gasteiger partial charge in [0.05, 0.1) is 0 Å². The van der Waals surface area contributed by atoms with Crippen LogP contribution in [-0.2, 0) is 5.54 Å². The summed E-state index contributed by atoms with van der Waals surface area (Å²) in [5.74, 6) is 0. The highest BCUT2D eigenvalue weighted by atomic mass is 14.7. The van der Waals surface area contributed by atoms with Crippen LogP contribution >= 0.6 is 0 Å². The summed E-state index contributed by atoms with van der Waals surface area (Å²) in [7, 11) is 5.61. The van der Waals surface area contributed by atoms with Crippen LogP contribution in [0.3, 0.4) is 0 Å². The van der Waals surface area contributed by atoms with E-state index >= 15 is 0 Å². The van der Waals surface area contributed by atoms with Crippen molar-refractivity contribution in [3.63, 3.8) is 0 Å². The van der Waals surface area contributed by atoms with Gasteiger partial charge in [0, 0.05) is 5.54 Å². The van der Waals surface area contributed by atoms with Crippen molar-refractivity contribution in [2.75, 3.05) is 0 Å². The lowest BCUT2D eigenvalue weighted by molar-refractivity contribution is 0.413. The number of hydrogen-bond acceptors (Lipinski definition) is 1. The van der Waals surface area contributed by atoms with E-state index in [2.05, 4.69) is 13.8 Å². The molecule has 1 rings (SSSR count). The quantitative estimate of drug-likeness (QED) is 0.688. The van der Waals surface area contributed by atoms with E-state index in [0.717, 1.165) is 18.3 Å². The fraction of sp³-hybridized carbons (Fsp3) is 0.455. The fourth-order valence-corrected chi connectivity index (χ4v) is 1.47. The maximum Gasteiger partial charge on any atom is 0.113 e. The maximum atomic E-state index is 6.23. The highest BCUT2D eigenvalue weighted by molar-refractivity contribution is 6.32. The van der Waals surface area contributed by atoms with E-state index < -0.39 is 0 Å². The summed E-state index contributed by atoms with van der Waals surface area (Å²) in [6.45, 7) is 4.22. The van der Waals surface area contributed by atoms with E-state index in [9.17, 15) is 0 Å². The fourth-order valence-electron chi connectivity index (χ4n) is 1.47. The Morgan fingerprint density at radius 2 is 1.62 bits per heavy atom. The van der Waals surface area contributed by atoms with Crippen LogP contribution in [0.1, 0.15) is 32.3 Å². The van der Waals surface area contributed by atoms with Gasteiger partial charge in [0.25, 0.3) is 0 Å². The van der Waals surface area contributed by atoms with Gasteiger partial charge in [0.15, 0.2) is 0 Å². The first-order valence-electron chi connectivity index (χ1n) is 4.77. The Balaban J connectivity index is 2.99. The normalized spacial score (nSPS) is 11.6. The number of nitrogens with two attached hydrogens (primary N) is 1. The smallest absolute Gasteiger partial charge is 0.113 e. The first-order valence-corrected chi connectivity index (χ1v) is 4.77. The first-order chi connectivity index (χ1) is 6.12. The van der Waals surface area contributed by atoms with Crippen LogP contribution in [0.2, 0.25) is 0 Å². The van der Waals surface area contributed by atoms with E-state index in [4.69, 9.17) is 13.6 Å². The van der Waals surface area contributed by atoms with Gasteiger partial charge in [-0.25, -0.2) is 0 Å². The molecule has 0 aliphatic carbocycles. The van der Waals surface area contributed by atoms with E-state index in [1.54, 1.807) is 0 Å². The second-order valence-electron chi connectivity index (χ2n) is 3.49. The number of benzene rings is 1. The second-order valence-corrected chi connectivity index (χ2v) is 3.49. The van der Waals surface area contributed by atoms with Crippen LogP contribution in [0.4, 0.5) is 0 Å². The molecule has 1 aromatic rings. The minimum atomic E-state index is -0.187. The monoisotopic (exact) mass is 173 g/mol. The third-order valence-electron chi connectivity index (χ3n) is 2.75. The molecule has 68 valence electrons. The van der Waals surface area contributed by atoms with Crippen molar-refractivity contribution < 1.29 is 0 Å². The topological polar surface area (TPSA) is 26.0 Å². The standard InChI is InChI=1S/C11H16BN/c1-3-11(13,4-2)9-5-7-10(12)8-6-9/h5-8H,3-4,13H2,1-2H3. The van der Waals surface area contributed by atoms with Gasteiger partial charge in [0.1, 0.15) is 7.85 Å². The van der Waals surface area contributed by atoms with Crippen molar-refractivity contribution in [3.8, 4) is 0 Å². The highest BCUT2D eigenvalue weighted by Crippen LogP contribution is 2.24. The Bertz CT molecular complexity index is 262. The van der Waals surface area contributed by atoms with Crippen molar-refractivity contribution >= 4 is 13.3 Å². The molecule has 0 unspecified atom stereocenters. The van der Waals surface area contributed by atoms with E-state index in [0.29, 0.717) is 0 Å². The van der Waals surface area contributed by atoms with Gasteiger partial charge in [0.2, 0.25) is 0 Å². The van der Waals surface area contributed by atoms with Crippen molar-refractivity contribution in [1.82, 2.24) is 0 Å². The molecule has 13 heavy (non-hydrogen) atoms. The predicted octanol–water partition coefficient (Wildman–Crippen LogP) is 1.45. The predicted molar refractivity (Wildman–Crippen MR) is 58.3 cm³/mol. The molecule has 0 aromatic heterocycles. The van der Waals surface area contributed by atoms with Crippen LogP contribution in [-0.4, -0.2) is 7.85 Å². The molecule has 0 atom stereocenters. The van der Waals surface area contributed by atoms with Gasteiger partial charge >= 0.3 is 0 Å². The third-order valence-corrected chi connectivity index (χ3v) is 2.75. The molecule has 0 fully saturated rings. The Morgan fingerprint density at radius 3 is 2.00 bits per heavy atom. The molecule has 0 saturated heterocycles. The summed E-state index contributed by atoms with van der Waals surface area (Å²) >= 11 is 0. The lowest BCUT2D eigenvalue weighted by atomic mass is 9.84. The minimum Gasteiger partial charge on any atom is -0.321 e. The maximum absolute atomic E-state index is 6.23. The van der Waals surface area contributed by atoms with E-state index in [-0.39, 0.29) is 5.54 Å². The molecular formula is C11H16BN. The molecular weight excluding hydrogens is 157 g/mol. The molecule has 0 bridgehead atoms. The Morgan fingerprint density at radius 1 is 1.15 bits per heavy atom. The molecule has 0 amide bonds. The lowest BCUT2D eigenvalue weighted by Crippen LogP contribution is -2.35. The van der Waals surface area contributed by atoms with Gasteiger partial charge in [-0.05, 0) is 18.4 Å². The summed E-state index contributed by atoms with van der Waals surface area (Å²) in [4.78, 5) is 0. The summed E-state index contributed by atoms with van der Waals surface area (Å²) < 4.78 is 0. The van der Waals surface area contributed by atoms with Crippen LogP contribution in [0.5, 0.6) is 0 Å². The molecule has 2 N–H and O–H groups in total. The molecule has 2 heteroatoms. The molecule has 0 heterocycles. The molecule has 1 nitrogen and oxygen atoms in total. The Kier molecular flexibility index (Phi) is 3.15. The van der Waals surface area contributed by atoms with Gasteiger partial charge in [-0.1, -0.05) is 43.6 Å². The van der Waals surface area contributed by atoms with Crippen molar-refractivity contribution in [2.45, 2.75) is 32.2 Å². The molecule has 0 aliphatic heterocycles. The highest BCUT2D eigenvalue weighted by Gasteiger charge is 2.21. The Labute approximate surface area is 81.7 Å². The van der Waals surface area contributed by atoms with Gasteiger partial charge in [-0.15, -0.1) is 0 Å². The van der Waals surface area contributed by atoms with Crippen molar-refractivity contribution in [3.05, 3.63) is 29.8 Å². The average molecular weight is 173 g/mol. The van der Waals surface area contributed by atoms with Crippen LogP contribution < -0.4 is 11.2 Å². The largest absolute Gasteiger partial charge is 0.321 e. The van der Waals surface area contributed by atoms with E-state index in [1.807, 2.05) is 24.3 Å². The number of rotatable bonds is 3. The zero-order valence-electron chi connectivity index (χ0n) is 8.38. The van der Waals surface area contributed by atoms with E-state index in [1.165, 1.54) is 5.56 Å². The summed E-state index contributed by atoms with van der Waals surface area (Å²) in [5, 5.41) is 0. The zero-order valence-corrected chi connectivity index (χ0v) is 8.38.